The fraction of sp³-hybridized carbons (Fsp3) is 0.259. The highest BCUT2D eigenvalue weighted by molar-refractivity contribution is 7.92. The fourth-order valence-electron chi connectivity index (χ4n) is 3.84. The van der Waals surface area contributed by atoms with E-state index in [0.717, 1.165) is 9.21 Å². The average molecular weight is 578 g/mol. The Hall–Kier alpha value is -3.83. The molecule has 3 aromatic rings. The summed E-state index contributed by atoms with van der Waals surface area (Å²) in [6.45, 7) is 0.534. The summed E-state index contributed by atoms with van der Waals surface area (Å²) in [5.74, 6) is -1.29. The molecule has 3 rings (SSSR count). The minimum absolute atomic E-state index is 0.154. The second kappa shape index (κ2) is 12.8. The number of anilines is 1. The van der Waals surface area contributed by atoms with Crippen molar-refractivity contribution >= 4 is 39.1 Å². The van der Waals surface area contributed by atoms with Gasteiger partial charge in [0.15, 0.2) is 11.5 Å². The molecule has 3 aromatic carbocycles. The van der Waals surface area contributed by atoms with Gasteiger partial charge in [-0.2, -0.15) is 0 Å². The van der Waals surface area contributed by atoms with E-state index in [4.69, 9.17) is 21.1 Å². The summed E-state index contributed by atoms with van der Waals surface area (Å²) < 4.78 is 53.7. The standard InChI is InChI=1S/C27H29ClFN3O6S/c1-18(27(34)30-2)31(16-19-7-5-6-8-23(19)29)26(33)17-32(21-11-9-20(28)10-12-21)39(35,36)22-13-14-24(37-3)25(15-22)38-4/h5-15,18H,16-17H2,1-4H3,(H,30,34)/t18-/m1/s1. The molecule has 0 unspecified atom stereocenters. The number of halogens is 2. The van der Waals surface area contributed by atoms with Crippen LogP contribution in [0.2, 0.25) is 5.02 Å². The highest BCUT2D eigenvalue weighted by Gasteiger charge is 2.33. The lowest BCUT2D eigenvalue weighted by atomic mass is 10.1. The summed E-state index contributed by atoms with van der Waals surface area (Å²) in [5, 5.41) is 2.84. The van der Waals surface area contributed by atoms with Gasteiger partial charge < -0.3 is 19.7 Å². The van der Waals surface area contributed by atoms with Crippen LogP contribution in [0.5, 0.6) is 11.5 Å². The molecule has 2 amide bonds. The Kier molecular flexibility index (Phi) is 9.76. The number of hydrogen-bond acceptors (Lipinski definition) is 6. The Labute approximate surface area is 232 Å². The number of likely N-dealkylation sites (N-methyl/N-ethyl adjacent to an activating group) is 1. The molecule has 0 radical (unpaired) electrons. The molecule has 0 heterocycles. The highest BCUT2D eigenvalue weighted by Crippen LogP contribution is 2.32. The lowest BCUT2D eigenvalue weighted by Crippen LogP contribution is -2.50. The molecule has 1 N–H and O–H groups in total. The predicted molar refractivity (Wildman–Crippen MR) is 146 cm³/mol. The zero-order valence-corrected chi connectivity index (χ0v) is 23.4. The molecule has 0 bridgehead atoms. The third kappa shape index (κ3) is 6.79. The number of hydrogen-bond donors (Lipinski definition) is 1. The molecule has 0 aliphatic heterocycles. The van der Waals surface area contributed by atoms with Crippen LogP contribution < -0.4 is 19.1 Å². The number of rotatable bonds is 11. The number of nitrogens with zero attached hydrogens (tertiary/aromatic N) is 2. The van der Waals surface area contributed by atoms with Gasteiger partial charge in [0.05, 0.1) is 24.8 Å². The van der Waals surface area contributed by atoms with Gasteiger partial charge >= 0.3 is 0 Å². The van der Waals surface area contributed by atoms with Crippen LogP contribution in [0.25, 0.3) is 0 Å². The van der Waals surface area contributed by atoms with Crippen LogP contribution in [-0.4, -0.2) is 59.0 Å². The van der Waals surface area contributed by atoms with Crippen LogP contribution in [0, 0.1) is 5.82 Å². The van der Waals surface area contributed by atoms with E-state index in [1.54, 1.807) is 6.07 Å². The Morgan fingerprint density at radius 2 is 1.64 bits per heavy atom. The lowest BCUT2D eigenvalue weighted by Gasteiger charge is -2.32. The number of carbonyl (C=O) groups is 2. The maximum Gasteiger partial charge on any atom is 0.264 e. The van der Waals surface area contributed by atoms with E-state index >= 15 is 0 Å². The molecule has 0 saturated heterocycles. The van der Waals surface area contributed by atoms with E-state index in [1.807, 2.05) is 0 Å². The molecule has 0 fully saturated rings. The number of benzene rings is 3. The Morgan fingerprint density at radius 1 is 1.00 bits per heavy atom. The first-order chi connectivity index (χ1) is 18.5. The molecule has 1 atom stereocenters. The third-order valence-electron chi connectivity index (χ3n) is 6.05. The van der Waals surface area contributed by atoms with Crippen LogP contribution in [0.3, 0.4) is 0 Å². The molecule has 0 spiro atoms. The van der Waals surface area contributed by atoms with Gasteiger partial charge in [0.2, 0.25) is 11.8 Å². The van der Waals surface area contributed by atoms with Gasteiger partial charge in [-0.05, 0) is 49.4 Å². The number of ether oxygens (including phenoxy) is 2. The summed E-state index contributed by atoms with van der Waals surface area (Å²) in [5.41, 5.74) is 0.323. The van der Waals surface area contributed by atoms with Gasteiger partial charge in [-0.25, -0.2) is 12.8 Å². The van der Waals surface area contributed by atoms with Gasteiger partial charge in [0, 0.05) is 30.2 Å². The van der Waals surface area contributed by atoms with Crippen molar-refractivity contribution in [2.75, 3.05) is 32.1 Å². The Morgan fingerprint density at radius 3 is 2.23 bits per heavy atom. The maximum atomic E-state index is 14.5. The van der Waals surface area contributed by atoms with E-state index in [9.17, 15) is 22.4 Å². The third-order valence-corrected chi connectivity index (χ3v) is 8.07. The molecule has 0 aliphatic carbocycles. The molecule has 208 valence electrons. The first-order valence-corrected chi connectivity index (χ1v) is 13.6. The molecule has 0 aliphatic rings. The first kappa shape index (κ1) is 29.7. The van der Waals surface area contributed by atoms with Crippen molar-refractivity contribution in [2.45, 2.75) is 24.4 Å². The van der Waals surface area contributed by atoms with E-state index in [2.05, 4.69) is 5.32 Å². The van der Waals surface area contributed by atoms with Crippen LogP contribution in [0.1, 0.15) is 12.5 Å². The Bertz CT molecular complexity index is 1440. The summed E-state index contributed by atoms with van der Waals surface area (Å²) in [4.78, 5) is 27.2. The van der Waals surface area contributed by atoms with Crippen molar-refractivity contribution in [3.63, 3.8) is 0 Å². The first-order valence-electron chi connectivity index (χ1n) is 11.8. The normalized spacial score (nSPS) is 11.8. The zero-order valence-electron chi connectivity index (χ0n) is 21.9. The summed E-state index contributed by atoms with van der Waals surface area (Å²) in [6.07, 6.45) is 0. The summed E-state index contributed by atoms with van der Waals surface area (Å²) in [6, 6.07) is 14.7. The Balaban J connectivity index is 2.08. The molecule has 9 nitrogen and oxygen atoms in total. The maximum absolute atomic E-state index is 14.5. The molecule has 12 heteroatoms. The monoisotopic (exact) mass is 577 g/mol. The molecule has 39 heavy (non-hydrogen) atoms. The van der Waals surface area contributed by atoms with Gasteiger partial charge in [-0.1, -0.05) is 29.8 Å². The van der Waals surface area contributed by atoms with Crippen LogP contribution in [-0.2, 0) is 26.2 Å². The van der Waals surface area contributed by atoms with E-state index in [1.165, 1.54) is 88.9 Å². The second-order valence-corrected chi connectivity index (χ2v) is 10.7. The van der Waals surface area contributed by atoms with Crippen molar-refractivity contribution in [3.05, 3.63) is 83.1 Å². The largest absolute Gasteiger partial charge is 0.493 e. The topological polar surface area (TPSA) is 105 Å². The predicted octanol–water partition coefficient (Wildman–Crippen LogP) is 3.85. The minimum Gasteiger partial charge on any atom is -0.493 e. The molecule has 0 aromatic heterocycles. The van der Waals surface area contributed by atoms with Crippen LogP contribution in [0.4, 0.5) is 10.1 Å². The quantitative estimate of drug-likeness (QED) is 0.371. The van der Waals surface area contributed by atoms with Gasteiger partial charge in [-0.3, -0.25) is 13.9 Å². The van der Waals surface area contributed by atoms with Crippen LogP contribution >= 0.6 is 11.6 Å². The number of sulfonamides is 1. The SMILES string of the molecule is CNC(=O)[C@@H](C)N(Cc1ccccc1F)C(=O)CN(c1ccc(Cl)cc1)S(=O)(=O)c1ccc(OC)c(OC)c1. The smallest absolute Gasteiger partial charge is 0.264 e. The number of nitrogens with one attached hydrogen (secondary N) is 1. The number of amides is 2. The lowest BCUT2D eigenvalue weighted by molar-refractivity contribution is -0.139. The zero-order chi connectivity index (χ0) is 28.7. The van der Waals surface area contributed by atoms with Crippen molar-refractivity contribution in [2.24, 2.45) is 0 Å². The molecule has 0 saturated carbocycles. The van der Waals surface area contributed by atoms with Gasteiger partial charge in [0.25, 0.3) is 10.0 Å². The van der Waals surface area contributed by atoms with E-state index in [0.29, 0.717) is 10.8 Å². The number of carbonyl (C=O) groups excluding carboxylic acids is 2. The summed E-state index contributed by atoms with van der Waals surface area (Å²) >= 11 is 6.02. The van der Waals surface area contributed by atoms with Crippen molar-refractivity contribution < 1.29 is 31.9 Å². The second-order valence-electron chi connectivity index (χ2n) is 8.41. The van der Waals surface area contributed by atoms with E-state index in [-0.39, 0.29) is 28.4 Å². The van der Waals surface area contributed by atoms with Gasteiger partial charge in [-0.15, -0.1) is 0 Å². The fourth-order valence-corrected chi connectivity index (χ4v) is 5.40. The van der Waals surface area contributed by atoms with Crippen molar-refractivity contribution in [1.29, 1.82) is 0 Å². The number of methoxy groups -OCH3 is 2. The highest BCUT2D eigenvalue weighted by atomic mass is 35.5. The van der Waals surface area contributed by atoms with E-state index < -0.39 is 40.2 Å². The van der Waals surface area contributed by atoms with Gasteiger partial charge in [0.1, 0.15) is 18.4 Å². The van der Waals surface area contributed by atoms with Crippen molar-refractivity contribution in [1.82, 2.24) is 10.2 Å². The summed E-state index contributed by atoms with van der Waals surface area (Å²) in [7, 11) is -0.155. The minimum atomic E-state index is -4.35. The van der Waals surface area contributed by atoms with Crippen LogP contribution in [0.15, 0.2) is 71.6 Å². The molecular formula is C27H29ClFN3O6S. The average Bonchev–Trinajstić information content (AvgIpc) is 2.94. The van der Waals surface area contributed by atoms with Crippen molar-refractivity contribution in [3.8, 4) is 11.5 Å². The molecular weight excluding hydrogens is 549 g/mol.